The van der Waals surface area contributed by atoms with Gasteiger partial charge < -0.3 is 4.42 Å². The second-order valence-electron chi connectivity index (χ2n) is 5.14. The molecule has 1 aromatic carbocycles. The summed E-state index contributed by atoms with van der Waals surface area (Å²) in [5, 5.41) is 18.8. The predicted molar refractivity (Wildman–Crippen MR) is 95.9 cm³/mol. The molecule has 9 nitrogen and oxygen atoms in total. The zero-order valence-electron chi connectivity index (χ0n) is 13.2. The van der Waals surface area contributed by atoms with Crippen LogP contribution in [0.15, 0.2) is 62.8 Å². The van der Waals surface area contributed by atoms with Gasteiger partial charge in [0.15, 0.2) is 5.76 Å². The summed E-state index contributed by atoms with van der Waals surface area (Å²) in [5.74, 6) is 0.0621. The van der Waals surface area contributed by atoms with Crippen LogP contribution in [0.5, 0.6) is 0 Å². The number of furan rings is 1. The Labute approximate surface area is 155 Å². The third-order valence-corrected chi connectivity index (χ3v) is 3.72. The Kier molecular flexibility index (Phi) is 5.23. The number of nitrogens with one attached hydrogen (secondary N) is 1. The monoisotopic (exact) mass is 417 g/mol. The van der Waals surface area contributed by atoms with Crippen molar-refractivity contribution >= 4 is 33.7 Å². The molecule has 0 aliphatic carbocycles. The molecule has 0 saturated carbocycles. The van der Waals surface area contributed by atoms with Crippen LogP contribution in [0.25, 0.3) is 0 Å². The number of hydrogen-bond donors (Lipinski definition) is 1. The molecule has 3 aromatic rings. The molecule has 132 valence electrons. The van der Waals surface area contributed by atoms with Crippen LogP contribution in [0.2, 0.25) is 0 Å². The number of hydrogen-bond acceptors (Lipinski definition) is 6. The van der Waals surface area contributed by atoms with Crippen molar-refractivity contribution in [1.82, 2.24) is 15.2 Å². The van der Waals surface area contributed by atoms with Crippen molar-refractivity contribution in [2.75, 3.05) is 0 Å². The standard InChI is InChI=1S/C16H12BrN5O4/c17-12-8-19-21(9-12)10-13-5-6-15(26-13)16(23)20-18-7-11-3-1-2-4-14(11)22(24)25/h1-9H,10H2,(H,20,23). The van der Waals surface area contributed by atoms with Crippen molar-refractivity contribution in [3.63, 3.8) is 0 Å². The highest BCUT2D eigenvalue weighted by atomic mass is 79.9. The number of para-hydroxylation sites is 1. The number of rotatable bonds is 6. The summed E-state index contributed by atoms with van der Waals surface area (Å²) in [7, 11) is 0. The fourth-order valence-corrected chi connectivity index (χ4v) is 2.48. The van der Waals surface area contributed by atoms with E-state index >= 15 is 0 Å². The number of amides is 1. The molecule has 0 radical (unpaired) electrons. The summed E-state index contributed by atoms with van der Waals surface area (Å²) in [6.07, 6.45) is 4.63. The van der Waals surface area contributed by atoms with Gasteiger partial charge in [0.05, 0.1) is 33.9 Å². The molecular formula is C16H12BrN5O4. The molecule has 0 atom stereocenters. The van der Waals surface area contributed by atoms with Crippen molar-refractivity contribution in [2.24, 2.45) is 5.10 Å². The molecule has 0 spiro atoms. The summed E-state index contributed by atoms with van der Waals surface area (Å²) < 4.78 is 7.94. The number of carbonyl (C=O) groups excluding carboxylic acids is 1. The van der Waals surface area contributed by atoms with Gasteiger partial charge in [0.1, 0.15) is 5.76 Å². The lowest BCUT2D eigenvalue weighted by Gasteiger charge is -1.99. The van der Waals surface area contributed by atoms with Crippen LogP contribution in [-0.2, 0) is 6.54 Å². The Morgan fingerprint density at radius 1 is 1.38 bits per heavy atom. The minimum Gasteiger partial charge on any atom is -0.454 e. The first-order valence-corrected chi connectivity index (χ1v) is 8.16. The minimum absolute atomic E-state index is 0.0749. The van der Waals surface area contributed by atoms with E-state index in [0.717, 1.165) is 4.47 Å². The van der Waals surface area contributed by atoms with Gasteiger partial charge in [-0.2, -0.15) is 10.2 Å². The first-order chi connectivity index (χ1) is 12.5. The van der Waals surface area contributed by atoms with Crippen LogP contribution in [0.3, 0.4) is 0 Å². The highest BCUT2D eigenvalue weighted by Crippen LogP contribution is 2.15. The van der Waals surface area contributed by atoms with E-state index in [2.05, 4.69) is 31.6 Å². The van der Waals surface area contributed by atoms with Gasteiger partial charge >= 0.3 is 5.91 Å². The Morgan fingerprint density at radius 2 is 2.19 bits per heavy atom. The fourth-order valence-electron chi connectivity index (χ4n) is 2.15. The Morgan fingerprint density at radius 3 is 2.92 bits per heavy atom. The second kappa shape index (κ2) is 7.74. The third kappa shape index (κ3) is 4.22. The molecule has 0 saturated heterocycles. The van der Waals surface area contributed by atoms with Crippen LogP contribution in [-0.4, -0.2) is 26.8 Å². The topological polar surface area (TPSA) is 116 Å². The van der Waals surface area contributed by atoms with E-state index in [1.165, 1.54) is 24.4 Å². The molecule has 0 unspecified atom stereocenters. The summed E-state index contributed by atoms with van der Waals surface area (Å²) in [4.78, 5) is 22.4. The van der Waals surface area contributed by atoms with E-state index < -0.39 is 10.8 Å². The zero-order chi connectivity index (χ0) is 18.5. The number of nitrogens with zero attached hydrogens (tertiary/aromatic N) is 4. The van der Waals surface area contributed by atoms with Gasteiger partial charge in [0.25, 0.3) is 5.69 Å². The number of halogens is 1. The Bertz CT molecular complexity index is 978. The number of benzene rings is 1. The van der Waals surface area contributed by atoms with Crippen molar-refractivity contribution in [3.8, 4) is 0 Å². The van der Waals surface area contributed by atoms with Crippen molar-refractivity contribution in [1.29, 1.82) is 0 Å². The number of hydrazone groups is 1. The first-order valence-electron chi connectivity index (χ1n) is 7.36. The van der Waals surface area contributed by atoms with E-state index in [1.54, 1.807) is 35.3 Å². The first kappa shape index (κ1) is 17.5. The van der Waals surface area contributed by atoms with Gasteiger partial charge in [0, 0.05) is 12.3 Å². The second-order valence-corrected chi connectivity index (χ2v) is 6.05. The van der Waals surface area contributed by atoms with Crippen LogP contribution in [0.4, 0.5) is 5.69 Å². The molecule has 2 aromatic heterocycles. The molecule has 3 rings (SSSR count). The third-order valence-electron chi connectivity index (χ3n) is 3.31. The van der Waals surface area contributed by atoms with Crippen molar-refractivity contribution < 1.29 is 14.1 Å². The summed E-state index contributed by atoms with van der Waals surface area (Å²) in [5.41, 5.74) is 2.46. The fraction of sp³-hybridized carbons (Fsp3) is 0.0625. The molecule has 1 N–H and O–H groups in total. The lowest BCUT2D eigenvalue weighted by molar-refractivity contribution is -0.385. The molecule has 26 heavy (non-hydrogen) atoms. The lowest BCUT2D eigenvalue weighted by atomic mass is 10.2. The molecule has 2 heterocycles. The van der Waals surface area contributed by atoms with E-state index in [4.69, 9.17) is 4.42 Å². The number of nitro groups is 1. The number of aromatic nitrogens is 2. The van der Waals surface area contributed by atoms with Gasteiger partial charge in [-0.3, -0.25) is 19.6 Å². The predicted octanol–water partition coefficient (Wildman–Crippen LogP) is 2.96. The molecule has 10 heteroatoms. The molecule has 0 bridgehead atoms. The maximum Gasteiger partial charge on any atom is 0.307 e. The molecule has 0 aliphatic rings. The van der Waals surface area contributed by atoms with Crippen molar-refractivity contribution in [3.05, 3.63) is 80.5 Å². The van der Waals surface area contributed by atoms with Crippen molar-refractivity contribution in [2.45, 2.75) is 6.54 Å². The van der Waals surface area contributed by atoms with Gasteiger partial charge in [-0.1, -0.05) is 12.1 Å². The van der Waals surface area contributed by atoms with E-state index in [-0.39, 0.29) is 17.0 Å². The van der Waals surface area contributed by atoms with E-state index in [0.29, 0.717) is 12.3 Å². The molecule has 0 fully saturated rings. The smallest absolute Gasteiger partial charge is 0.307 e. The number of nitro benzene ring substituents is 1. The summed E-state index contributed by atoms with van der Waals surface area (Å²) >= 11 is 3.30. The van der Waals surface area contributed by atoms with Gasteiger partial charge in [0.2, 0.25) is 0 Å². The quantitative estimate of drug-likeness (QED) is 0.376. The van der Waals surface area contributed by atoms with E-state index in [9.17, 15) is 14.9 Å². The molecular weight excluding hydrogens is 406 g/mol. The normalized spacial score (nSPS) is 11.0. The maximum absolute atomic E-state index is 12.0. The number of carbonyl (C=O) groups is 1. The zero-order valence-corrected chi connectivity index (χ0v) is 14.8. The van der Waals surface area contributed by atoms with Gasteiger partial charge in [-0.15, -0.1) is 0 Å². The van der Waals surface area contributed by atoms with Gasteiger partial charge in [-0.25, -0.2) is 5.43 Å². The highest BCUT2D eigenvalue weighted by molar-refractivity contribution is 9.10. The van der Waals surface area contributed by atoms with Crippen LogP contribution < -0.4 is 5.43 Å². The van der Waals surface area contributed by atoms with Crippen LogP contribution in [0, 0.1) is 10.1 Å². The molecule has 0 aliphatic heterocycles. The summed E-state index contributed by atoms with van der Waals surface area (Å²) in [6.45, 7) is 0.373. The lowest BCUT2D eigenvalue weighted by Crippen LogP contribution is -2.17. The minimum atomic E-state index is -0.562. The Hall–Kier alpha value is -3.27. The molecule has 1 amide bonds. The SMILES string of the molecule is O=C(NN=Cc1ccccc1[N+](=O)[O-])c1ccc(Cn2cc(Br)cn2)o1. The highest BCUT2D eigenvalue weighted by Gasteiger charge is 2.12. The average Bonchev–Trinajstić information content (AvgIpc) is 3.24. The maximum atomic E-state index is 12.0. The largest absolute Gasteiger partial charge is 0.454 e. The van der Waals surface area contributed by atoms with E-state index in [1.807, 2.05) is 0 Å². The summed E-state index contributed by atoms with van der Waals surface area (Å²) in [6, 6.07) is 9.26. The average molecular weight is 418 g/mol. The van der Waals surface area contributed by atoms with Crippen LogP contribution in [0.1, 0.15) is 21.9 Å². The van der Waals surface area contributed by atoms with Gasteiger partial charge in [-0.05, 0) is 34.1 Å². The Balaban J connectivity index is 1.63. The van der Waals surface area contributed by atoms with Crippen LogP contribution >= 0.6 is 15.9 Å².